The van der Waals surface area contributed by atoms with Gasteiger partial charge in [-0.15, -0.1) is 0 Å². The average Bonchev–Trinajstić information content (AvgIpc) is 3.45. The van der Waals surface area contributed by atoms with Crippen LogP contribution in [-0.2, 0) is 16.1 Å². The van der Waals surface area contributed by atoms with E-state index in [9.17, 15) is 14.7 Å². The molecule has 2 fully saturated rings. The highest BCUT2D eigenvalue weighted by Gasteiger charge is 2.36. The van der Waals surface area contributed by atoms with E-state index >= 15 is 0 Å². The van der Waals surface area contributed by atoms with Gasteiger partial charge >= 0.3 is 5.97 Å². The van der Waals surface area contributed by atoms with Crippen molar-refractivity contribution in [2.75, 3.05) is 36.5 Å². The quantitative estimate of drug-likeness (QED) is 0.723. The maximum atomic E-state index is 12.4. The Morgan fingerprint density at radius 1 is 1.35 bits per heavy atom. The number of hydrogen-bond donors (Lipinski definition) is 2. The smallest absolute Gasteiger partial charge is 0.320 e. The lowest BCUT2D eigenvalue weighted by molar-refractivity contribution is -0.143. The van der Waals surface area contributed by atoms with E-state index in [1.807, 2.05) is 30.0 Å². The van der Waals surface area contributed by atoms with Crippen LogP contribution in [0.5, 0.6) is 0 Å². The minimum Gasteiger partial charge on any atom is -0.480 e. The summed E-state index contributed by atoms with van der Waals surface area (Å²) in [6, 6.07) is 7.52. The Balaban J connectivity index is 1.56. The maximum absolute atomic E-state index is 12.4. The number of carboxylic acid groups (broad SMARTS) is 1. The second-order valence-corrected chi connectivity index (χ2v) is 8.28. The van der Waals surface area contributed by atoms with Crippen molar-refractivity contribution < 1.29 is 14.7 Å². The number of benzene rings is 1. The van der Waals surface area contributed by atoms with Gasteiger partial charge in [-0.1, -0.05) is 12.1 Å². The predicted octanol–water partition coefficient (Wildman–Crippen LogP) is 2.11. The number of anilines is 1. The SMILES string of the molecule is CC(C(=O)O)N(CC(=O)Nc1cccc(CN2CCSCC2)c1)C1CC1. The number of nitrogens with one attached hydrogen (secondary N) is 1. The summed E-state index contributed by atoms with van der Waals surface area (Å²) in [5.74, 6) is 1.31. The van der Waals surface area contributed by atoms with Crippen molar-refractivity contribution >= 4 is 29.3 Å². The van der Waals surface area contributed by atoms with Gasteiger partial charge in [-0.05, 0) is 37.5 Å². The van der Waals surface area contributed by atoms with Crippen LogP contribution in [0.3, 0.4) is 0 Å². The maximum Gasteiger partial charge on any atom is 0.320 e. The zero-order valence-corrected chi connectivity index (χ0v) is 16.0. The number of thioether (sulfide) groups is 1. The van der Waals surface area contributed by atoms with Gasteiger partial charge in [0, 0.05) is 42.9 Å². The molecule has 1 unspecified atom stereocenters. The van der Waals surface area contributed by atoms with Crippen LogP contribution in [0.15, 0.2) is 24.3 Å². The summed E-state index contributed by atoms with van der Waals surface area (Å²) in [5, 5.41) is 12.2. The molecule has 1 aromatic rings. The number of carbonyl (C=O) groups is 2. The molecule has 1 saturated heterocycles. The lowest BCUT2D eigenvalue weighted by atomic mass is 10.2. The molecule has 0 aromatic heterocycles. The van der Waals surface area contributed by atoms with Gasteiger partial charge in [0.25, 0.3) is 0 Å². The zero-order valence-electron chi connectivity index (χ0n) is 15.2. The van der Waals surface area contributed by atoms with Crippen molar-refractivity contribution in [1.29, 1.82) is 0 Å². The molecule has 142 valence electrons. The van der Waals surface area contributed by atoms with Crippen LogP contribution in [-0.4, -0.2) is 70.0 Å². The third-order valence-electron chi connectivity index (χ3n) is 4.92. The molecule has 1 atom stereocenters. The Morgan fingerprint density at radius 2 is 2.08 bits per heavy atom. The van der Waals surface area contributed by atoms with Crippen molar-refractivity contribution in [3.05, 3.63) is 29.8 Å². The molecule has 0 radical (unpaired) electrons. The zero-order chi connectivity index (χ0) is 18.5. The molecule has 3 rings (SSSR count). The molecule has 0 spiro atoms. The Bertz CT molecular complexity index is 645. The number of aliphatic carboxylic acids is 1. The molecule has 1 aliphatic heterocycles. The number of carboxylic acids is 1. The Kier molecular flexibility index (Phi) is 6.56. The van der Waals surface area contributed by atoms with E-state index in [1.165, 1.54) is 17.1 Å². The molecule has 1 heterocycles. The number of carbonyl (C=O) groups excluding carboxylic acids is 1. The minimum absolute atomic E-state index is 0.117. The molecule has 2 aliphatic rings. The summed E-state index contributed by atoms with van der Waals surface area (Å²) in [7, 11) is 0. The molecule has 26 heavy (non-hydrogen) atoms. The van der Waals surface area contributed by atoms with Gasteiger partial charge in [0.1, 0.15) is 6.04 Å². The third-order valence-corrected chi connectivity index (χ3v) is 5.86. The monoisotopic (exact) mass is 377 g/mol. The second kappa shape index (κ2) is 8.88. The van der Waals surface area contributed by atoms with Crippen molar-refractivity contribution in [3.8, 4) is 0 Å². The molecule has 1 aliphatic carbocycles. The molecule has 6 nitrogen and oxygen atoms in total. The van der Waals surface area contributed by atoms with Gasteiger partial charge < -0.3 is 10.4 Å². The van der Waals surface area contributed by atoms with Crippen molar-refractivity contribution in [3.63, 3.8) is 0 Å². The van der Waals surface area contributed by atoms with E-state index in [0.29, 0.717) is 0 Å². The van der Waals surface area contributed by atoms with E-state index in [-0.39, 0.29) is 18.5 Å². The van der Waals surface area contributed by atoms with Crippen LogP contribution in [0.25, 0.3) is 0 Å². The summed E-state index contributed by atoms with van der Waals surface area (Å²) in [6.07, 6.45) is 1.93. The fraction of sp³-hybridized carbons (Fsp3) is 0.579. The minimum atomic E-state index is -0.883. The van der Waals surface area contributed by atoms with E-state index in [2.05, 4.69) is 16.3 Å². The topological polar surface area (TPSA) is 72.9 Å². The molecular formula is C19H27N3O3S. The standard InChI is InChI=1S/C19H27N3O3S/c1-14(19(24)25)22(17-5-6-17)13-18(23)20-16-4-2-3-15(11-16)12-21-7-9-26-10-8-21/h2-4,11,14,17H,5-10,12-13H2,1H3,(H,20,23)(H,24,25). The molecule has 1 aromatic carbocycles. The van der Waals surface area contributed by atoms with E-state index in [4.69, 9.17) is 0 Å². The van der Waals surface area contributed by atoms with Crippen LogP contribution in [0.2, 0.25) is 0 Å². The highest BCUT2D eigenvalue weighted by Crippen LogP contribution is 2.28. The normalized spacial score (nSPS) is 19.3. The fourth-order valence-corrected chi connectivity index (χ4v) is 4.24. The number of hydrogen-bond acceptors (Lipinski definition) is 5. The number of amides is 1. The first-order chi connectivity index (χ1) is 12.5. The lowest BCUT2D eigenvalue weighted by Gasteiger charge is -2.26. The Morgan fingerprint density at radius 3 is 2.73 bits per heavy atom. The van der Waals surface area contributed by atoms with E-state index in [0.717, 1.165) is 38.2 Å². The molecular weight excluding hydrogens is 350 g/mol. The predicted molar refractivity (Wildman–Crippen MR) is 104 cm³/mol. The molecule has 1 saturated carbocycles. The van der Waals surface area contributed by atoms with Crippen LogP contribution in [0.1, 0.15) is 25.3 Å². The van der Waals surface area contributed by atoms with Gasteiger partial charge in [0.05, 0.1) is 6.54 Å². The van der Waals surface area contributed by atoms with Gasteiger partial charge in [-0.2, -0.15) is 11.8 Å². The highest BCUT2D eigenvalue weighted by atomic mass is 32.2. The van der Waals surface area contributed by atoms with Crippen molar-refractivity contribution in [2.45, 2.75) is 38.4 Å². The summed E-state index contributed by atoms with van der Waals surface area (Å²) in [6.45, 7) is 4.86. The van der Waals surface area contributed by atoms with E-state index < -0.39 is 12.0 Å². The molecule has 0 bridgehead atoms. The van der Waals surface area contributed by atoms with E-state index in [1.54, 1.807) is 11.8 Å². The average molecular weight is 378 g/mol. The summed E-state index contributed by atoms with van der Waals surface area (Å²) in [4.78, 5) is 27.9. The Hall–Kier alpha value is -1.57. The van der Waals surface area contributed by atoms with Gasteiger partial charge in [0.15, 0.2) is 0 Å². The largest absolute Gasteiger partial charge is 0.480 e. The van der Waals surface area contributed by atoms with Gasteiger partial charge in [0.2, 0.25) is 5.91 Å². The molecule has 7 heteroatoms. The van der Waals surface area contributed by atoms with Gasteiger partial charge in [-0.3, -0.25) is 19.4 Å². The van der Waals surface area contributed by atoms with Crippen LogP contribution >= 0.6 is 11.8 Å². The fourth-order valence-electron chi connectivity index (χ4n) is 3.26. The van der Waals surface area contributed by atoms with Crippen molar-refractivity contribution in [2.24, 2.45) is 0 Å². The first-order valence-electron chi connectivity index (χ1n) is 9.20. The van der Waals surface area contributed by atoms with Crippen LogP contribution in [0, 0.1) is 0 Å². The summed E-state index contributed by atoms with van der Waals surface area (Å²) >= 11 is 1.99. The number of rotatable bonds is 8. The Labute approximate surface area is 158 Å². The van der Waals surface area contributed by atoms with Gasteiger partial charge in [-0.25, -0.2) is 0 Å². The van der Waals surface area contributed by atoms with Crippen molar-refractivity contribution in [1.82, 2.24) is 9.80 Å². The summed E-state index contributed by atoms with van der Waals surface area (Å²) < 4.78 is 0. The first-order valence-corrected chi connectivity index (χ1v) is 10.4. The second-order valence-electron chi connectivity index (χ2n) is 7.05. The molecule has 2 N–H and O–H groups in total. The number of nitrogens with zero attached hydrogens (tertiary/aromatic N) is 2. The highest BCUT2D eigenvalue weighted by molar-refractivity contribution is 7.99. The lowest BCUT2D eigenvalue weighted by Crippen LogP contribution is -2.44. The molecule has 1 amide bonds. The van der Waals surface area contributed by atoms with Crippen LogP contribution in [0.4, 0.5) is 5.69 Å². The third kappa shape index (κ3) is 5.46. The van der Waals surface area contributed by atoms with Crippen LogP contribution < -0.4 is 5.32 Å². The first kappa shape index (κ1) is 19.2. The summed E-state index contributed by atoms with van der Waals surface area (Å²) in [5.41, 5.74) is 1.96.